The lowest BCUT2D eigenvalue weighted by molar-refractivity contribution is 0.0985. The molecule has 6 heteroatoms. The number of fused-ring (bicyclic) bond motifs is 1. The highest BCUT2D eigenvalue weighted by atomic mass is 32.1. The average molecular weight is 384 g/mol. The highest BCUT2D eigenvalue weighted by molar-refractivity contribution is 7.22. The lowest BCUT2D eigenvalue weighted by Crippen LogP contribution is -2.30. The van der Waals surface area contributed by atoms with E-state index >= 15 is 0 Å². The molecule has 136 valence electrons. The maximum atomic E-state index is 13.3. The van der Waals surface area contributed by atoms with Crippen LogP contribution in [0.15, 0.2) is 66.9 Å². The van der Waals surface area contributed by atoms with Crippen LogP contribution in [-0.2, 0) is 6.54 Å². The number of benzene rings is 2. The largest absolute Gasteiger partial charge is 0.278 e. The summed E-state index contributed by atoms with van der Waals surface area (Å²) >= 11 is 1.48. The van der Waals surface area contributed by atoms with Gasteiger partial charge in [-0.15, -0.1) is 0 Å². The van der Waals surface area contributed by atoms with Crippen LogP contribution in [0.2, 0.25) is 0 Å². The van der Waals surface area contributed by atoms with Crippen LogP contribution in [0.5, 0.6) is 0 Å². The van der Waals surface area contributed by atoms with Crippen LogP contribution in [0.3, 0.4) is 0 Å². The van der Waals surface area contributed by atoms with Crippen molar-refractivity contribution in [3.63, 3.8) is 0 Å². The quantitative estimate of drug-likeness (QED) is 0.510. The molecule has 0 N–H and O–H groups in total. The number of nitrogens with zero attached hydrogens (tertiary/aromatic N) is 4. The molecule has 28 heavy (non-hydrogen) atoms. The van der Waals surface area contributed by atoms with Crippen LogP contribution in [0.4, 0.5) is 5.13 Å². The molecule has 0 radical (unpaired) electrons. The van der Waals surface area contributed by atoms with Crippen molar-refractivity contribution < 1.29 is 4.79 Å². The SMILES string of the molecule is Cc1cccc2sc(N(Cc3ccccn3)C(=O)c3ccc(C#N)cc3)nc12. The summed E-state index contributed by atoms with van der Waals surface area (Å²) in [5.74, 6) is -0.174. The molecule has 0 unspecified atom stereocenters. The smallest absolute Gasteiger partial charge is 0.260 e. The van der Waals surface area contributed by atoms with E-state index in [1.54, 1.807) is 35.4 Å². The first-order valence-corrected chi connectivity index (χ1v) is 9.55. The Balaban J connectivity index is 1.77. The maximum absolute atomic E-state index is 13.3. The molecule has 0 fully saturated rings. The number of carbonyl (C=O) groups excluding carboxylic acids is 1. The summed E-state index contributed by atoms with van der Waals surface area (Å²) in [5, 5.41) is 9.62. The van der Waals surface area contributed by atoms with E-state index in [0.717, 1.165) is 21.5 Å². The predicted molar refractivity (Wildman–Crippen MR) is 110 cm³/mol. The third-order valence-electron chi connectivity index (χ3n) is 4.39. The molecular weight excluding hydrogens is 368 g/mol. The predicted octanol–water partition coefficient (Wildman–Crippen LogP) is 4.72. The summed E-state index contributed by atoms with van der Waals surface area (Å²) in [5.41, 5.74) is 3.78. The number of aryl methyl sites for hydroxylation is 1. The normalized spacial score (nSPS) is 10.6. The van der Waals surface area contributed by atoms with Crippen LogP contribution < -0.4 is 4.90 Å². The van der Waals surface area contributed by atoms with Gasteiger partial charge in [0.15, 0.2) is 5.13 Å². The van der Waals surface area contributed by atoms with Gasteiger partial charge >= 0.3 is 0 Å². The van der Waals surface area contributed by atoms with Crippen molar-refractivity contribution in [3.8, 4) is 6.07 Å². The van der Waals surface area contributed by atoms with Crippen molar-refractivity contribution in [2.75, 3.05) is 4.90 Å². The van der Waals surface area contributed by atoms with Gasteiger partial charge < -0.3 is 0 Å². The number of thiazole rings is 1. The molecule has 0 bridgehead atoms. The minimum atomic E-state index is -0.174. The van der Waals surface area contributed by atoms with E-state index in [2.05, 4.69) is 11.1 Å². The number of rotatable bonds is 4. The molecule has 0 aliphatic carbocycles. The van der Waals surface area contributed by atoms with Crippen molar-refractivity contribution in [1.29, 1.82) is 5.26 Å². The van der Waals surface area contributed by atoms with Gasteiger partial charge in [-0.2, -0.15) is 5.26 Å². The fraction of sp³-hybridized carbons (Fsp3) is 0.0909. The van der Waals surface area contributed by atoms with E-state index in [9.17, 15) is 4.79 Å². The molecular formula is C22H16N4OS. The monoisotopic (exact) mass is 384 g/mol. The van der Waals surface area contributed by atoms with Crippen molar-refractivity contribution in [2.24, 2.45) is 0 Å². The Morgan fingerprint density at radius 1 is 1.11 bits per heavy atom. The summed E-state index contributed by atoms with van der Waals surface area (Å²) in [7, 11) is 0. The van der Waals surface area contributed by atoms with E-state index in [-0.39, 0.29) is 5.91 Å². The Kier molecular flexibility index (Phi) is 4.83. The van der Waals surface area contributed by atoms with Crippen LogP contribution in [0.1, 0.15) is 27.2 Å². The Hall–Kier alpha value is -3.56. The fourth-order valence-corrected chi connectivity index (χ4v) is 3.95. The Morgan fingerprint density at radius 2 is 1.93 bits per heavy atom. The van der Waals surface area contributed by atoms with Crippen LogP contribution in [0.25, 0.3) is 10.2 Å². The number of nitriles is 1. The number of amides is 1. The van der Waals surface area contributed by atoms with Gasteiger partial charge in [-0.3, -0.25) is 14.7 Å². The number of para-hydroxylation sites is 1. The van der Waals surface area contributed by atoms with Gasteiger partial charge in [-0.05, 0) is 55.0 Å². The van der Waals surface area contributed by atoms with Gasteiger partial charge in [0.25, 0.3) is 5.91 Å². The number of anilines is 1. The number of pyridine rings is 1. The van der Waals surface area contributed by atoms with E-state index in [1.807, 2.05) is 43.3 Å². The summed E-state index contributed by atoms with van der Waals surface area (Å²) < 4.78 is 1.04. The standard InChI is InChI=1S/C22H16N4OS/c1-15-5-4-7-19-20(15)25-22(28-19)26(14-18-6-2-3-12-24-18)21(27)17-10-8-16(13-23)9-11-17/h2-12H,14H2,1H3. The Bertz CT molecular complexity index is 1180. The summed E-state index contributed by atoms with van der Waals surface area (Å²) in [4.78, 5) is 24.0. The zero-order valence-electron chi connectivity index (χ0n) is 15.2. The number of hydrogen-bond acceptors (Lipinski definition) is 5. The zero-order chi connectivity index (χ0) is 19.5. The molecule has 0 spiro atoms. The lowest BCUT2D eigenvalue weighted by atomic mass is 10.1. The molecule has 0 aliphatic rings. The summed E-state index contributed by atoms with van der Waals surface area (Å²) in [6, 6.07) is 20.4. The second kappa shape index (κ2) is 7.59. The molecule has 2 aromatic heterocycles. The van der Waals surface area contributed by atoms with Crippen LogP contribution >= 0.6 is 11.3 Å². The van der Waals surface area contributed by atoms with Gasteiger partial charge in [0.05, 0.1) is 34.1 Å². The molecule has 0 aliphatic heterocycles. The number of carbonyl (C=O) groups is 1. The minimum Gasteiger partial charge on any atom is -0.278 e. The average Bonchev–Trinajstić information content (AvgIpc) is 3.18. The zero-order valence-corrected chi connectivity index (χ0v) is 16.0. The fourth-order valence-electron chi connectivity index (χ4n) is 2.91. The highest BCUT2D eigenvalue weighted by Gasteiger charge is 2.22. The third-order valence-corrected chi connectivity index (χ3v) is 5.44. The van der Waals surface area contributed by atoms with Crippen molar-refractivity contribution >= 4 is 32.6 Å². The summed E-state index contributed by atoms with van der Waals surface area (Å²) in [6.07, 6.45) is 1.71. The third kappa shape index (κ3) is 3.48. The molecule has 2 aromatic carbocycles. The van der Waals surface area contributed by atoms with E-state index < -0.39 is 0 Å². The first kappa shape index (κ1) is 17.8. The molecule has 0 atom stereocenters. The second-order valence-corrected chi connectivity index (χ2v) is 7.33. The topological polar surface area (TPSA) is 69.9 Å². The first-order chi connectivity index (χ1) is 13.7. The first-order valence-electron chi connectivity index (χ1n) is 8.74. The Labute approximate surface area is 166 Å². The Morgan fingerprint density at radius 3 is 2.61 bits per heavy atom. The molecule has 0 saturated heterocycles. The molecule has 1 amide bonds. The van der Waals surface area contributed by atoms with Gasteiger partial charge in [0.1, 0.15) is 0 Å². The minimum absolute atomic E-state index is 0.174. The number of aromatic nitrogens is 2. The van der Waals surface area contributed by atoms with E-state index in [4.69, 9.17) is 10.2 Å². The van der Waals surface area contributed by atoms with Crippen LogP contribution in [0, 0.1) is 18.3 Å². The number of hydrogen-bond donors (Lipinski definition) is 0. The lowest BCUT2D eigenvalue weighted by Gasteiger charge is -2.19. The molecule has 4 aromatic rings. The highest BCUT2D eigenvalue weighted by Crippen LogP contribution is 2.32. The van der Waals surface area contributed by atoms with Crippen molar-refractivity contribution in [2.45, 2.75) is 13.5 Å². The molecule has 0 saturated carbocycles. The summed E-state index contributed by atoms with van der Waals surface area (Å²) in [6.45, 7) is 2.33. The van der Waals surface area contributed by atoms with E-state index in [1.165, 1.54) is 11.3 Å². The molecule has 5 nitrogen and oxygen atoms in total. The van der Waals surface area contributed by atoms with Crippen molar-refractivity contribution in [1.82, 2.24) is 9.97 Å². The van der Waals surface area contributed by atoms with Gasteiger partial charge in [-0.1, -0.05) is 29.5 Å². The molecule has 4 rings (SSSR count). The van der Waals surface area contributed by atoms with Crippen LogP contribution in [-0.4, -0.2) is 15.9 Å². The van der Waals surface area contributed by atoms with Gasteiger partial charge in [0, 0.05) is 11.8 Å². The second-order valence-electron chi connectivity index (χ2n) is 6.32. The van der Waals surface area contributed by atoms with E-state index in [0.29, 0.717) is 22.8 Å². The van der Waals surface area contributed by atoms with Gasteiger partial charge in [0.2, 0.25) is 0 Å². The molecule has 2 heterocycles. The van der Waals surface area contributed by atoms with Crippen molar-refractivity contribution in [3.05, 3.63) is 89.2 Å². The maximum Gasteiger partial charge on any atom is 0.260 e. The van der Waals surface area contributed by atoms with Gasteiger partial charge in [-0.25, -0.2) is 4.98 Å².